The van der Waals surface area contributed by atoms with Crippen LogP contribution >= 0.6 is 0 Å². The third-order valence-electron chi connectivity index (χ3n) is 3.52. The summed E-state index contributed by atoms with van der Waals surface area (Å²) in [5.74, 6) is 0.453. The van der Waals surface area contributed by atoms with Crippen molar-refractivity contribution in [2.24, 2.45) is 5.92 Å². The number of carbonyl (C=O) groups is 1. The van der Waals surface area contributed by atoms with Crippen LogP contribution in [0.2, 0.25) is 0 Å². The van der Waals surface area contributed by atoms with Gasteiger partial charge in [-0.05, 0) is 51.4 Å². The molecule has 1 rings (SSSR count). The van der Waals surface area contributed by atoms with Crippen LogP contribution in [-0.2, 0) is 0 Å². The smallest absolute Gasteiger partial charge is 0.322 e. The predicted octanol–water partition coefficient (Wildman–Crippen LogP) is 3.87. The minimum atomic E-state index is -0.0343. The molecule has 1 aromatic carbocycles. The number of benzene rings is 1. The number of carbonyl (C=O) groups excluding carboxylic acids is 1. The SMILES string of the molecule is CNC(C)c1cccc(NC(=O)N(CC(C)C)C(C)C)c1. The molecule has 0 saturated carbocycles. The number of rotatable bonds is 6. The molecule has 2 N–H and O–H groups in total. The fourth-order valence-electron chi connectivity index (χ4n) is 2.17. The van der Waals surface area contributed by atoms with Gasteiger partial charge in [0, 0.05) is 24.3 Å². The largest absolute Gasteiger partial charge is 0.322 e. The van der Waals surface area contributed by atoms with Crippen LogP contribution in [0.1, 0.15) is 46.2 Å². The summed E-state index contributed by atoms with van der Waals surface area (Å²) in [5.41, 5.74) is 2.00. The van der Waals surface area contributed by atoms with Crippen molar-refractivity contribution in [1.29, 1.82) is 0 Å². The first kappa shape index (κ1) is 17.5. The zero-order valence-electron chi connectivity index (χ0n) is 14.1. The lowest BCUT2D eigenvalue weighted by Crippen LogP contribution is -2.42. The average molecular weight is 291 g/mol. The summed E-state index contributed by atoms with van der Waals surface area (Å²) in [6.45, 7) is 11.2. The lowest BCUT2D eigenvalue weighted by atomic mass is 10.1. The van der Waals surface area contributed by atoms with Crippen molar-refractivity contribution in [3.8, 4) is 0 Å². The molecule has 0 saturated heterocycles. The highest BCUT2D eigenvalue weighted by atomic mass is 16.2. The molecule has 0 aliphatic carbocycles. The number of amides is 2. The van der Waals surface area contributed by atoms with Crippen LogP contribution in [0.3, 0.4) is 0 Å². The summed E-state index contributed by atoms with van der Waals surface area (Å²) >= 11 is 0. The Kier molecular flexibility index (Phi) is 6.69. The first-order valence-corrected chi connectivity index (χ1v) is 7.70. The highest BCUT2D eigenvalue weighted by molar-refractivity contribution is 5.89. The molecular formula is C17H29N3O. The van der Waals surface area contributed by atoms with E-state index in [0.717, 1.165) is 17.8 Å². The van der Waals surface area contributed by atoms with Crippen molar-refractivity contribution in [2.75, 3.05) is 18.9 Å². The van der Waals surface area contributed by atoms with Crippen LogP contribution in [0.15, 0.2) is 24.3 Å². The quantitative estimate of drug-likeness (QED) is 0.835. The van der Waals surface area contributed by atoms with E-state index in [-0.39, 0.29) is 18.1 Å². The van der Waals surface area contributed by atoms with Crippen LogP contribution in [0, 0.1) is 5.92 Å². The molecule has 1 atom stereocenters. The normalized spacial score (nSPS) is 12.6. The number of hydrogen-bond donors (Lipinski definition) is 2. The van der Waals surface area contributed by atoms with Gasteiger partial charge in [-0.1, -0.05) is 26.0 Å². The summed E-state index contributed by atoms with van der Waals surface area (Å²) in [4.78, 5) is 14.3. The Labute approximate surface area is 128 Å². The molecule has 4 nitrogen and oxygen atoms in total. The number of nitrogens with zero attached hydrogens (tertiary/aromatic N) is 1. The van der Waals surface area contributed by atoms with Gasteiger partial charge in [0.25, 0.3) is 0 Å². The lowest BCUT2D eigenvalue weighted by Gasteiger charge is -2.28. The first-order chi connectivity index (χ1) is 9.85. The fraction of sp³-hybridized carbons (Fsp3) is 0.588. The molecule has 0 radical (unpaired) electrons. The number of nitrogens with one attached hydrogen (secondary N) is 2. The van der Waals surface area contributed by atoms with Crippen LogP contribution in [-0.4, -0.2) is 30.6 Å². The topological polar surface area (TPSA) is 44.4 Å². The molecule has 0 aromatic heterocycles. The van der Waals surface area contributed by atoms with E-state index in [1.807, 2.05) is 44.0 Å². The van der Waals surface area contributed by atoms with Gasteiger partial charge in [0.1, 0.15) is 0 Å². The molecule has 2 amide bonds. The second kappa shape index (κ2) is 8.03. The Balaban J connectivity index is 2.81. The summed E-state index contributed by atoms with van der Waals surface area (Å²) in [5, 5.41) is 6.21. The van der Waals surface area contributed by atoms with E-state index < -0.39 is 0 Å². The molecule has 0 bridgehead atoms. The Hall–Kier alpha value is -1.55. The first-order valence-electron chi connectivity index (χ1n) is 7.70. The van der Waals surface area contributed by atoms with Gasteiger partial charge in [-0.15, -0.1) is 0 Å². The van der Waals surface area contributed by atoms with Gasteiger partial charge >= 0.3 is 6.03 Å². The Morgan fingerprint density at radius 3 is 2.38 bits per heavy atom. The van der Waals surface area contributed by atoms with E-state index in [4.69, 9.17) is 0 Å². The van der Waals surface area contributed by atoms with Crippen molar-refractivity contribution in [2.45, 2.75) is 46.7 Å². The molecule has 21 heavy (non-hydrogen) atoms. The van der Waals surface area contributed by atoms with Crippen molar-refractivity contribution >= 4 is 11.7 Å². The standard InChI is InChI=1S/C17H29N3O/c1-12(2)11-20(13(3)4)17(21)19-16-9-7-8-15(10-16)14(5)18-6/h7-10,12-14,18H,11H2,1-6H3,(H,19,21). The molecule has 4 heteroatoms. The van der Waals surface area contributed by atoms with Crippen LogP contribution in [0.4, 0.5) is 10.5 Å². The number of urea groups is 1. The monoisotopic (exact) mass is 291 g/mol. The molecule has 0 aliphatic rings. The van der Waals surface area contributed by atoms with Crippen molar-refractivity contribution < 1.29 is 4.79 Å². The Morgan fingerprint density at radius 1 is 1.19 bits per heavy atom. The minimum Gasteiger partial charge on any atom is -0.322 e. The fourth-order valence-corrected chi connectivity index (χ4v) is 2.17. The van der Waals surface area contributed by atoms with Gasteiger partial charge in [-0.2, -0.15) is 0 Å². The summed E-state index contributed by atoms with van der Waals surface area (Å²) in [7, 11) is 1.93. The van der Waals surface area contributed by atoms with E-state index in [1.54, 1.807) is 0 Å². The second-order valence-corrected chi connectivity index (χ2v) is 6.21. The highest BCUT2D eigenvalue weighted by Gasteiger charge is 2.18. The molecule has 0 fully saturated rings. The molecule has 0 spiro atoms. The third-order valence-corrected chi connectivity index (χ3v) is 3.52. The average Bonchev–Trinajstić information content (AvgIpc) is 2.43. The highest BCUT2D eigenvalue weighted by Crippen LogP contribution is 2.18. The molecular weight excluding hydrogens is 262 g/mol. The number of anilines is 1. The van der Waals surface area contributed by atoms with Gasteiger partial charge in [0.2, 0.25) is 0 Å². The Bertz CT molecular complexity index is 457. The van der Waals surface area contributed by atoms with Crippen molar-refractivity contribution in [3.63, 3.8) is 0 Å². The van der Waals surface area contributed by atoms with E-state index >= 15 is 0 Å². The van der Waals surface area contributed by atoms with Crippen LogP contribution in [0.25, 0.3) is 0 Å². The van der Waals surface area contributed by atoms with E-state index in [1.165, 1.54) is 0 Å². The summed E-state index contributed by atoms with van der Waals surface area (Å²) in [6, 6.07) is 8.40. The van der Waals surface area contributed by atoms with Crippen molar-refractivity contribution in [1.82, 2.24) is 10.2 Å². The zero-order valence-corrected chi connectivity index (χ0v) is 14.1. The van der Waals surface area contributed by atoms with Crippen molar-refractivity contribution in [3.05, 3.63) is 29.8 Å². The van der Waals surface area contributed by atoms with Gasteiger partial charge in [-0.25, -0.2) is 4.79 Å². The maximum absolute atomic E-state index is 12.4. The molecule has 1 aromatic rings. The minimum absolute atomic E-state index is 0.0343. The van der Waals surface area contributed by atoms with E-state index in [0.29, 0.717) is 5.92 Å². The Morgan fingerprint density at radius 2 is 1.86 bits per heavy atom. The van der Waals surface area contributed by atoms with Gasteiger partial charge in [-0.3, -0.25) is 0 Å². The molecule has 118 valence electrons. The maximum Gasteiger partial charge on any atom is 0.322 e. The van der Waals surface area contributed by atoms with Crippen LogP contribution < -0.4 is 10.6 Å². The lowest BCUT2D eigenvalue weighted by molar-refractivity contribution is 0.188. The summed E-state index contributed by atoms with van der Waals surface area (Å²) < 4.78 is 0. The third kappa shape index (κ3) is 5.38. The molecule has 0 aliphatic heterocycles. The van der Waals surface area contributed by atoms with Gasteiger partial charge in [0.05, 0.1) is 0 Å². The molecule has 1 unspecified atom stereocenters. The van der Waals surface area contributed by atoms with Gasteiger partial charge in [0.15, 0.2) is 0 Å². The van der Waals surface area contributed by atoms with Gasteiger partial charge < -0.3 is 15.5 Å². The van der Waals surface area contributed by atoms with E-state index in [9.17, 15) is 4.79 Å². The second-order valence-electron chi connectivity index (χ2n) is 6.21. The van der Waals surface area contributed by atoms with Crippen LogP contribution in [0.5, 0.6) is 0 Å². The number of hydrogen-bond acceptors (Lipinski definition) is 2. The zero-order chi connectivity index (χ0) is 16.0. The molecule has 0 heterocycles. The summed E-state index contributed by atoms with van der Waals surface area (Å²) in [6.07, 6.45) is 0. The maximum atomic E-state index is 12.4. The predicted molar refractivity (Wildman–Crippen MR) is 89.6 cm³/mol. The van der Waals surface area contributed by atoms with E-state index in [2.05, 4.69) is 37.5 Å².